The molecule has 7 heteroatoms. The second-order valence-corrected chi connectivity index (χ2v) is 7.47. The fraction of sp³-hybridized carbons (Fsp3) is 0.824. The Morgan fingerprint density at radius 2 is 1.83 bits per heavy atom. The van der Waals surface area contributed by atoms with Crippen LogP contribution in [-0.4, -0.2) is 73.3 Å². The van der Waals surface area contributed by atoms with Crippen molar-refractivity contribution in [1.82, 2.24) is 14.7 Å². The SMILES string of the molecule is COC(C)(C)C(C)(C)OBc1cn(CCN2CCOCC2)nc1C. The molecule has 0 aromatic carbocycles. The van der Waals surface area contributed by atoms with Crippen LogP contribution in [-0.2, 0) is 20.7 Å². The van der Waals surface area contributed by atoms with E-state index in [2.05, 4.69) is 30.0 Å². The zero-order chi connectivity index (χ0) is 17.8. The van der Waals surface area contributed by atoms with Crippen molar-refractivity contribution in [2.45, 2.75) is 52.4 Å². The maximum Gasteiger partial charge on any atom is 0.312 e. The van der Waals surface area contributed by atoms with E-state index in [9.17, 15) is 0 Å². The number of methoxy groups -OCH3 is 1. The Bertz CT molecular complexity index is 525. The van der Waals surface area contributed by atoms with Crippen molar-refractivity contribution < 1.29 is 14.1 Å². The van der Waals surface area contributed by atoms with Crippen molar-refractivity contribution in [3.8, 4) is 0 Å². The van der Waals surface area contributed by atoms with E-state index in [1.165, 1.54) is 0 Å². The molecule has 0 bridgehead atoms. The van der Waals surface area contributed by atoms with Gasteiger partial charge in [0.2, 0.25) is 0 Å². The summed E-state index contributed by atoms with van der Waals surface area (Å²) in [4.78, 5) is 2.42. The van der Waals surface area contributed by atoms with Gasteiger partial charge < -0.3 is 14.1 Å². The predicted molar refractivity (Wildman–Crippen MR) is 97.3 cm³/mol. The van der Waals surface area contributed by atoms with Gasteiger partial charge in [0.1, 0.15) is 0 Å². The van der Waals surface area contributed by atoms with Crippen LogP contribution in [0.4, 0.5) is 0 Å². The van der Waals surface area contributed by atoms with Gasteiger partial charge >= 0.3 is 7.48 Å². The molecule has 0 atom stereocenters. The van der Waals surface area contributed by atoms with Gasteiger partial charge in [0.15, 0.2) is 0 Å². The average Bonchev–Trinajstić information content (AvgIpc) is 2.92. The zero-order valence-corrected chi connectivity index (χ0v) is 16.1. The Morgan fingerprint density at radius 1 is 1.17 bits per heavy atom. The number of ether oxygens (including phenoxy) is 2. The second kappa shape index (κ2) is 8.00. The number of aryl methyl sites for hydroxylation is 1. The van der Waals surface area contributed by atoms with Gasteiger partial charge in [0.25, 0.3) is 0 Å². The molecule has 0 aliphatic carbocycles. The topological polar surface area (TPSA) is 48.8 Å². The number of aromatic nitrogens is 2. The smallest absolute Gasteiger partial charge is 0.312 e. The Kier molecular flexibility index (Phi) is 6.48. The van der Waals surface area contributed by atoms with Crippen LogP contribution in [0, 0.1) is 6.92 Å². The van der Waals surface area contributed by atoms with E-state index >= 15 is 0 Å². The third-order valence-corrected chi connectivity index (χ3v) is 5.35. The van der Waals surface area contributed by atoms with Gasteiger partial charge in [-0.05, 0) is 40.1 Å². The van der Waals surface area contributed by atoms with Crippen LogP contribution >= 0.6 is 0 Å². The monoisotopic (exact) mass is 337 g/mol. The van der Waals surface area contributed by atoms with Crippen LogP contribution in [0.3, 0.4) is 0 Å². The largest absolute Gasteiger partial charge is 0.427 e. The number of hydrogen-bond acceptors (Lipinski definition) is 5. The molecule has 0 spiro atoms. The van der Waals surface area contributed by atoms with E-state index < -0.39 is 0 Å². The lowest BCUT2D eigenvalue weighted by Gasteiger charge is -2.40. The first-order valence-electron chi connectivity index (χ1n) is 8.77. The minimum absolute atomic E-state index is 0.354. The zero-order valence-electron chi connectivity index (χ0n) is 16.1. The Balaban J connectivity index is 1.89. The summed E-state index contributed by atoms with van der Waals surface area (Å²) in [5.74, 6) is 0. The van der Waals surface area contributed by atoms with Crippen LogP contribution in [0.2, 0.25) is 0 Å². The third-order valence-electron chi connectivity index (χ3n) is 5.35. The molecule has 2 rings (SSSR count). The number of morpholine rings is 1. The lowest BCUT2D eigenvalue weighted by molar-refractivity contribution is -0.114. The summed E-state index contributed by atoms with van der Waals surface area (Å²) < 4.78 is 19.1. The quantitative estimate of drug-likeness (QED) is 0.655. The van der Waals surface area contributed by atoms with E-state index in [-0.39, 0.29) is 11.2 Å². The molecular weight excluding hydrogens is 305 g/mol. The maximum absolute atomic E-state index is 6.15. The first-order chi connectivity index (χ1) is 11.2. The van der Waals surface area contributed by atoms with E-state index in [1.54, 1.807) is 7.11 Å². The third kappa shape index (κ3) is 4.82. The summed E-state index contributed by atoms with van der Waals surface area (Å²) >= 11 is 0. The van der Waals surface area contributed by atoms with Crippen molar-refractivity contribution in [3.63, 3.8) is 0 Å². The molecule has 1 aromatic heterocycles. The van der Waals surface area contributed by atoms with Crippen molar-refractivity contribution in [2.75, 3.05) is 40.0 Å². The average molecular weight is 337 g/mol. The normalized spacial score (nSPS) is 17.2. The van der Waals surface area contributed by atoms with Gasteiger partial charge in [-0.3, -0.25) is 9.58 Å². The highest BCUT2D eigenvalue weighted by Crippen LogP contribution is 2.27. The van der Waals surface area contributed by atoms with Crippen molar-refractivity contribution in [3.05, 3.63) is 11.9 Å². The Hall–Kier alpha value is -0.885. The number of hydrogen-bond donors (Lipinski definition) is 0. The van der Waals surface area contributed by atoms with Crippen molar-refractivity contribution in [1.29, 1.82) is 0 Å². The summed E-state index contributed by atoms with van der Waals surface area (Å²) in [6, 6.07) is 0. The Morgan fingerprint density at radius 3 is 2.46 bits per heavy atom. The molecule has 0 unspecified atom stereocenters. The summed E-state index contributed by atoms with van der Waals surface area (Å²) in [7, 11) is 2.27. The van der Waals surface area contributed by atoms with Gasteiger partial charge in [0, 0.05) is 32.9 Å². The first-order valence-corrected chi connectivity index (χ1v) is 8.77. The molecule has 0 N–H and O–H groups in total. The van der Waals surface area contributed by atoms with Gasteiger partial charge in [0.05, 0.1) is 36.7 Å². The van der Waals surface area contributed by atoms with Gasteiger partial charge in [-0.25, -0.2) is 0 Å². The molecule has 0 radical (unpaired) electrons. The van der Waals surface area contributed by atoms with E-state index in [0.29, 0.717) is 7.48 Å². The van der Waals surface area contributed by atoms with E-state index in [1.807, 2.05) is 25.5 Å². The van der Waals surface area contributed by atoms with Crippen molar-refractivity contribution >= 4 is 12.9 Å². The van der Waals surface area contributed by atoms with Gasteiger partial charge in [-0.1, -0.05) is 0 Å². The summed E-state index contributed by atoms with van der Waals surface area (Å²) in [6.07, 6.45) is 2.10. The van der Waals surface area contributed by atoms with Crippen LogP contribution < -0.4 is 5.46 Å². The molecule has 1 fully saturated rings. The molecule has 0 amide bonds. The lowest BCUT2D eigenvalue weighted by Crippen LogP contribution is -2.50. The lowest BCUT2D eigenvalue weighted by atomic mass is 9.83. The standard InChI is InChI=1S/C17H32BN3O3/c1-14-15(18-24-17(4,5)16(2,3)22-6)13-21(19-14)8-7-20-9-11-23-12-10-20/h13,18H,7-12H2,1-6H3. The molecule has 24 heavy (non-hydrogen) atoms. The summed E-state index contributed by atoms with van der Waals surface area (Å²) in [6.45, 7) is 15.9. The molecular formula is C17H32BN3O3. The van der Waals surface area contributed by atoms with Crippen LogP contribution in [0.15, 0.2) is 6.20 Å². The van der Waals surface area contributed by atoms with E-state index in [0.717, 1.165) is 50.5 Å². The molecule has 1 aliphatic heterocycles. The second-order valence-electron chi connectivity index (χ2n) is 7.47. The summed E-state index contributed by atoms with van der Waals surface area (Å²) in [5.41, 5.74) is 1.43. The summed E-state index contributed by atoms with van der Waals surface area (Å²) in [5, 5.41) is 4.63. The number of rotatable bonds is 8. The predicted octanol–water partition coefficient (Wildman–Crippen LogP) is 0.721. The minimum atomic E-state index is -0.385. The van der Waals surface area contributed by atoms with Crippen molar-refractivity contribution in [2.24, 2.45) is 0 Å². The highest BCUT2D eigenvalue weighted by molar-refractivity contribution is 6.47. The van der Waals surface area contributed by atoms with E-state index in [4.69, 9.17) is 14.1 Å². The highest BCUT2D eigenvalue weighted by atomic mass is 16.5. The molecule has 6 nitrogen and oxygen atoms in total. The molecule has 136 valence electrons. The van der Waals surface area contributed by atoms with Gasteiger partial charge in [-0.15, -0.1) is 0 Å². The van der Waals surface area contributed by atoms with Crippen LogP contribution in [0.25, 0.3) is 0 Å². The fourth-order valence-electron chi connectivity index (χ4n) is 2.56. The minimum Gasteiger partial charge on any atom is -0.427 e. The van der Waals surface area contributed by atoms with Crippen LogP contribution in [0.1, 0.15) is 33.4 Å². The Labute approximate surface area is 146 Å². The fourth-order valence-corrected chi connectivity index (χ4v) is 2.56. The molecule has 1 aromatic rings. The maximum atomic E-state index is 6.15. The molecule has 0 saturated carbocycles. The molecule has 1 saturated heterocycles. The molecule has 1 aliphatic rings. The van der Waals surface area contributed by atoms with Crippen LogP contribution in [0.5, 0.6) is 0 Å². The molecule has 2 heterocycles. The van der Waals surface area contributed by atoms with Gasteiger partial charge in [-0.2, -0.15) is 5.10 Å². The first kappa shape index (κ1) is 19.4. The highest BCUT2D eigenvalue weighted by Gasteiger charge is 2.38. The number of nitrogens with zero attached hydrogens (tertiary/aromatic N) is 3.